The van der Waals surface area contributed by atoms with E-state index in [1.807, 2.05) is 38.4 Å². The van der Waals surface area contributed by atoms with Gasteiger partial charge < -0.3 is 15.2 Å². The van der Waals surface area contributed by atoms with Crippen LogP contribution in [0.5, 0.6) is 0 Å². The molecule has 25 heavy (non-hydrogen) atoms. The predicted molar refractivity (Wildman–Crippen MR) is 96.9 cm³/mol. The number of carbonyl (C=O) groups is 2. The summed E-state index contributed by atoms with van der Waals surface area (Å²) in [5.74, 6) is -0.284. The molecule has 0 bridgehead atoms. The quantitative estimate of drug-likeness (QED) is 0.800. The number of aliphatic hydroxyl groups excluding tert-OH is 1. The molecular weight excluding hydrogens is 319 g/mol. The largest absolute Gasteiger partial charge is 0.444 e. The van der Waals surface area contributed by atoms with Crippen molar-refractivity contribution in [1.29, 1.82) is 0 Å². The summed E-state index contributed by atoms with van der Waals surface area (Å²) in [4.78, 5) is 26.1. The first-order valence-electron chi connectivity index (χ1n) is 8.53. The molecule has 0 saturated carbocycles. The molecule has 1 heterocycles. The Morgan fingerprint density at radius 2 is 1.96 bits per heavy atom. The monoisotopic (exact) mass is 345 g/mol. The van der Waals surface area contributed by atoms with Crippen LogP contribution in [0.4, 0.5) is 4.79 Å². The van der Waals surface area contributed by atoms with E-state index in [2.05, 4.69) is 5.32 Å². The van der Waals surface area contributed by atoms with Crippen molar-refractivity contribution in [1.82, 2.24) is 10.2 Å². The van der Waals surface area contributed by atoms with Gasteiger partial charge in [-0.3, -0.25) is 9.69 Å². The van der Waals surface area contributed by atoms with Crippen LogP contribution in [-0.2, 0) is 16.1 Å². The third-order valence-electron chi connectivity index (χ3n) is 3.99. The lowest BCUT2D eigenvalue weighted by molar-refractivity contribution is -0.125. The molecule has 2 atom stereocenters. The third kappa shape index (κ3) is 5.49. The highest BCUT2D eigenvalue weighted by Gasteiger charge is 2.40. The van der Waals surface area contributed by atoms with E-state index >= 15 is 0 Å². The lowest BCUT2D eigenvalue weighted by Gasteiger charge is -2.27. The fourth-order valence-electron chi connectivity index (χ4n) is 2.72. The number of benzene rings is 1. The molecule has 7 heteroatoms. The number of nitrogens with zero attached hydrogens (tertiary/aromatic N) is 1. The van der Waals surface area contributed by atoms with Crippen LogP contribution in [0.25, 0.3) is 0 Å². The summed E-state index contributed by atoms with van der Waals surface area (Å²) in [5, 5.41) is 12.7. The molecule has 2 rings (SSSR count). The van der Waals surface area contributed by atoms with E-state index in [4.69, 9.17) is 4.74 Å². The molecule has 2 amide bonds. The van der Waals surface area contributed by atoms with E-state index in [-0.39, 0.29) is 18.9 Å². The van der Waals surface area contributed by atoms with E-state index < -0.39 is 23.8 Å². The molecular formula is C18H26BN2O4. The van der Waals surface area contributed by atoms with Crippen molar-refractivity contribution < 1.29 is 19.4 Å². The molecule has 1 aliphatic rings. The van der Waals surface area contributed by atoms with Gasteiger partial charge in [-0.15, -0.1) is 0 Å². The standard InChI is InChI=1S/C18H26BN2O4/c1-18(2,3)25-17(24)21-11-14(22)9-15(21)16(23)20-10-12-5-7-13(19-4)8-6-12/h5-8,14-15,22H,9-11H2,1-4H3,(H,20,23). The number of rotatable bonds is 4. The smallest absolute Gasteiger partial charge is 0.411 e. The van der Waals surface area contributed by atoms with Crippen molar-refractivity contribution in [2.24, 2.45) is 0 Å². The Kier molecular flexibility index (Phi) is 6.11. The number of amides is 2. The minimum absolute atomic E-state index is 0.105. The molecule has 1 aromatic carbocycles. The molecule has 1 aliphatic heterocycles. The van der Waals surface area contributed by atoms with Gasteiger partial charge in [-0.05, 0) is 26.3 Å². The molecule has 6 nitrogen and oxygen atoms in total. The Bertz CT molecular complexity index is 612. The summed E-state index contributed by atoms with van der Waals surface area (Å²) in [7, 11) is 2.00. The van der Waals surface area contributed by atoms with Crippen LogP contribution in [0.3, 0.4) is 0 Å². The van der Waals surface area contributed by atoms with Crippen molar-refractivity contribution in [3.63, 3.8) is 0 Å². The molecule has 1 aromatic rings. The first kappa shape index (κ1) is 19.3. The highest BCUT2D eigenvalue weighted by molar-refractivity contribution is 6.51. The van der Waals surface area contributed by atoms with E-state index in [1.165, 1.54) is 4.90 Å². The van der Waals surface area contributed by atoms with Crippen molar-refractivity contribution in [2.75, 3.05) is 6.54 Å². The van der Waals surface area contributed by atoms with Gasteiger partial charge in [-0.2, -0.15) is 0 Å². The van der Waals surface area contributed by atoms with Crippen LogP contribution < -0.4 is 10.8 Å². The van der Waals surface area contributed by atoms with Gasteiger partial charge in [0.1, 0.15) is 18.9 Å². The zero-order valence-corrected chi connectivity index (χ0v) is 15.3. The van der Waals surface area contributed by atoms with Crippen LogP contribution in [0, 0.1) is 0 Å². The Labute approximate surface area is 149 Å². The number of nitrogens with one attached hydrogen (secondary N) is 1. The van der Waals surface area contributed by atoms with Gasteiger partial charge in [0.25, 0.3) is 0 Å². The molecule has 0 aliphatic carbocycles. The number of carbonyl (C=O) groups excluding carboxylic acids is 2. The summed E-state index contributed by atoms with van der Waals surface area (Å²) < 4.78 is 5.33. The summed E-state index contributed by atoms with van der Waals surface area (Å²) >= 11 is 0. The molecule has 1 fully saturated rings. The van der Waals surface area contributed by atoms with Crippen LogP contribution in [0.15, 0.2) is 24.3 Å². The molecule has 2 N–H and O–H groups in total. The van der Waals surface area contributed by atoms with Crippen LogP contribution in [0.1, 0.15) is 32.8 Å². The molecule has 1 radical (unpaired) electrons. The predicted octanol–water partition coefficient (Wildman–Crippen LogP) is 1.05. The highest BCUT2D eigenvalue weighted by Crippen LogP contribution is 2.21. The number of ether oxygens (including phenoxy) is 1. The van der Waals surface area contributed by atoms with Crippen molar-refractivity contribution in [3.8, 4) is 0 Å². The van der Waals surface area contributed by atoms with Gasteiger partial charge in [0.2, 0.25) is 5.91 Å². The lowest BCUT2D eigenvalue weighted by Crippen LogP contribution is -2.47. The fraction of sp³-hybridized carbons (Fsp3) is 0.556. The zero-order chi connectivity index (χ0) is 18.6. The van der Waals surface area contributed by atoms with Gasteiger partial charge in [0.15, 0.2) is 0 Å². The topological polar surface area (TPSA) is 78.9 Å². The highest BCUT2D eigenvalue weighted by atomic mass is 16.6. The van der Waals surface area contributed by atoms with Gasteiger partial charge in [0.05, 0.1) is 12.6 Å². The summed E-state index contributed by atoms with van der Waals surface area (Å²) in [5.41, 5.74) is 1.44. The second-order valence-electron chi connectivity index (χ2n) is 7.29. The number of β-amino-alcohol motifs (C(OH)–C–C–N with tert-alkyl or cyclic N) is 1. The normalized spacial score (nSPS) is 20.3. The Morgan fingerprint density at radius 1 is 1.32 bits per heavy atom. The van der Waals surface area contributed by atoms with E-state index in [0.29, 0.717) is 6.54 Å². The fourth-order valence-corrected chi connectivity index (χ4v) is 2.72. The van der Waals surface area contributed by atoms with E-state index in [1.54, 1.807) is 20.8 Å². The van der Waals surface area contributed by atoms with Gasteiger partial charge in [0, 0.05) is 13.0 Å². The molecule has 2 unspecified atom stereocenters. The number of hydrogen-bond acceptors (Lipinski definition) is 4. The van der Waals surface area contributed by atoms with E-state index in [0.717, 1.165) is 11.0 Å². The second-order valence-corrected chi connectivity index (χ2v) is 7.29. The lowest BCUT2D eigenvalue weighted by atomic mass is 9.73. The first-order chi connectivity index (χ1) is 11.7. The molecule has 135 valence electrons. The molecule has 1 saturated heterocycles. The minimum Gasteiger partial charge on any atom is -0.444 e. The average molecular weight is 345 g/mol. The Balaban J connectivity index is 1.96. The minimum atomic E-state index is -0.720. The number of likely N-dealkylation sites (tertiary alicyclic amines) is 1. The average Bonchev–Trinajstić information content (AvgIpc) is 2.93. The van der Waals surface area contributed by atoms with Crippen molar-refractivity contribution in [2.45, 2.75) is 58.3 Å². The van der Waals surface area contributed by atoms with Crippen molar-refractivity contribution >= 4 is 24.7 Å². The summed E-state index contributed by atoms with van der Waals surface area (Å²) in [6.07, 6.45) is -1.08. The third-order valence-corrected chi connectivity index (χ3v) is 3.99. The first-order valence-corrected chi connectivity index (χ1v) is 8.53. The van der Waals surface area contributed by atoms with E-state index in [9.17, 15) is 14.7 Å². The maximum Gasteiger partial charge on any atom is 0.411 e. The van der Waals surface area contributed by atoms with Crippen molar-refractivity contribution in [3.05, 3.63) is 29.8 Å². The maximum atomic E-state index is 12.5. The van der Waals surface area contributed by atoms with Crippen LogP contribution in [-0.4, -0.2) is 53.6 Å². The number of aliphatic hydroxyl groups is 1. The molecule has 0 spiro atoms. The summed E-state index contributed by atoms with van der Waals surface area (Å²) in [6.45, 7) is 7.75. The van der Waals surface area contributed by atoms with Crippen LogP contribution >= 0.6 is 0 Å². The zero-order valence-electron chi connectivity index (χ0n) is 15.3. The maximum absolute atomic E-state index is 12.5. The van der Waals surface area contributed by atoms with Gasteiger partial charge in [-0.25, -0.2) is 4.79 Å². The van der Waals surface area contributed by atoms with Crippen LogP contribution in [0.2, 0.25) is 6.82 Å². The SMILES string of the molecule is C[B]c1ccc(CNC(=O)C2CC(O)CN2C(=O)OC(C)(C)C)cc1. The Morgan fingerprint density at radius 3 is 2.52 bits per heavy atom. The molecule has 0 aromatic heterocycles. The van der Waals surface area contributed by atoms with Gasteiger partial charge >= 0.3 is 6.09 Å². The summed E-state index contributed by atoms with van der Waals surface area (Å²) in [6, 6.07) is 7.14. The Hall–Kier alpha value is -2.02. The van der Waals surface area contributed by atoms with Gasteiger partial charge in [-0.1, -0.05) is 36.6 Å². The number of hydrogen-bond donors (Lipinski definition) is 2. The second kappa shape index (κ2) is 7.91.